The lowest BCUT2D eigenvalue weighted by Crippen LogP contribution is -2.42. The summed E-state index contributed by atoms with van der Waals surface area (Å²) in [5.74, 6) is 0.737. The maximum absolute atomic E-state index is 12.8. The van der Waals surface area contributed by atoms with Crippen LogP contribution in [0.3, 0.4) is 0 Å². The van der Waals surface area contributed by atoms with Crippen molar-refractivity contribution < 1.29 is 27.4 Å². The molecule has 0 radical (unpaired) electrons. The van der Waals surface area contributed by atoms with Crippen LogP contribution in [0, 0.1) is 0 Å². The lowest BCUT2D eigenvalue weighted by molar-refractivity contribution is -0.138. The van der Waals surface area contributed by atoms with Crippen molar-refractivity contribution in [3.63, 3.8) is 0 Å². The minimum atomic E-state index is -4.39. The van der Waals surface area contributed by atoms with Crippen LogP contribution in [0.5, 0.6) is 5.75 Å². The van der Waals surface area contributed by atoms with Crippen LogP contribution in [0.1, 0.15) is 11.1 Å². The van der Waals surface area contributed by atoms with Crippen LogP contribution in [0.25, 0.3) is 11.4 Å². The predicted octanol–water partition coefficient (Wildman–Crippen LogP) is 2.80. The number of rotatable bonds is 6. The number of carbonyl (C=O) groups excluding carboxylic acids is 1. The standard InChI is InChI=1S/C21H20F3N5O3/c22-21(23,24)17-3-1-2-15(12-17)14-32-18-6-4-16(5-7-18)20-25-27-29(26-20)13-19(30)28-8-10-31-11-9-28/h1-7,12H,8-11,13-14H2. The van der Waals surface area contributed by atoms with Gasteiger partial charge >= 0.3 is 6.18 Å². The van der Waals surface area contributed by atoms with E-state index < -0.39 is 11.7 Å². The number of aromatic nitrogens is 4. The Morgan fingerprint density at radius 2 is 1.84 bits per heavy atom. The van der Waals surface area contributed by atoms with Crippen molar-refractivity contribution in [2.75, 3.05) is 26.3 Å². The topological polar surface area (TPSA) is 82.4 Å². The zero-order chi connectivity index (χ0) is 22.6. The maximum Gasteiger partial charge on any atom is 0.416 e. The fourth-order valence-corrected chi connectivity index (χ4v) is 3.16. The Balaban J connectivity index is 1.34. The SMILES string of the molecule is O=C(Cn1nnc(-c2ccc(OCc3cccc(C(F)(F)F)c3)cc2)n1)N1CCOCC1. The van der Waals surface area contributed by atoms with Gasteiger partial charge in [-0.1, -0.05) is 12.1 Å². The Labute approximate surface area is 181 Å². The Morgan fingerprint density at radius 3 is 2.56 bits per heavy atom. The summed E-state index contributed by atoms with van der Waals surface area (Å²) in [6.07, 6.45) is -4.39. The number of morpholine rings is 1. The Hall–Kier alpha value is -3.47. The highest BCUT2D eigenvalue weighted by Crippen LogP contribution is 2.30. The van der Waals surface area contributed by atoms with E-state index in [9.17, 15) is 18.0 Å². The third-order valence-corrected chi connectivity index (χ3v) is 4.87. The molecular formula is C21H20F3N5O3. The van der Waals surface area contributed by atoms with Gasteiger partial charge in [0.05, 0.1) is 18.8 Å². The zero-order valence-electron chi connectivity index (χ0n) is 17.0. The minimum Gasteiger partial charge on any atom is -0.489 e. The first kappa shape index (κ1) is 21.8. The molecule has 11 heteroatoms. The van der Waals surface area contributed by atoms with Gasteiger partial charge in [-0.05, 0) is 47.2 Å². The van der Waals surface area contributed by atoms with E-state index in [1.165, 1.54) is 10.9 Å². The van der Waals surface area contributed by atoms with E-state index in [0.29, 0.717) is 49.0 Å². The Morgan fingerprint density at radius 1 is 1.09 bits per heavy atom. The molecule has 0 atom stereocenters. The van der Waals surface area contributed by atoms with Gasteiger partial charge in [0.1, 0.15) is 18.9 Å². The number of benzene rings is 2. The number of carbonyl (C=O) groups is 1. The van der Waals surface area contributed by atoms with Crippen LogP contribution in [0.15, 0.2) is 48.5 Å². The molecule has 1 amide bonds. The highest BCUT2D eigenvalue weighted by molar-refractivity contribution is 5.75. The van der Waals surface area contributed by atoms with Crippen molar-refractivity contribution in [3.05, 3.63) is 59.7 Å². The average Bonchev–Trinajstić information content (AvgIpc) is 3.27. The molecule has 8 nitrogen and oxygen atoms in total. The molecule has 0 unspecified atom stereocenters. The molecule has 1 aromatic heterocycles. The van der Waals surface area contributed by atoms with E-state index in [1.54, 1.807) is 35.2 Å². The highest BCUT2D eigenvalue weighted by Gasteiger charge is 2.30. The van der Waals surface area contributed by atoms with E-state index >= 15 is 0 Å². The molecule has 1 saturated heterocycles. The van der Waals surface area contributed by atoms with Crippen LogP contribution in [0.4, 0.5) is 13.2 Å². The zero-order valence-corrected chi connectivity index (χ0v) is 17.0. The second kappa shape index (κ2) is 9.35. The molecular weight excluding hydrogens is 427 g/mol. The first-order valence-electron chi connectivity index (χ1n) is 9.91. The van der Waals surface area contributed by atoms with Crippen LogP contribution in [-0.2, 0) is 28.9 Å². The van der Waals surface area contributed by atoms with Crippen molar-refractivity contribution >= 4 is 5.91 Å². The van der Waals surface area contributed by atoms with Gasteiger partial charge in [-0.3, -0.25) is 4.79 Å². The van der Waals surface area contributed by atoms with Crippen molar-refractivity contribution in [2.24, 2.45) is 0 Å². The molecule has 1 aliphatic rings. The summed E-state index contributed by atoms with van der Waals surface area (Å²) >= 11 is 0. The number of tetrazole rings is 1. The molecule has 1 aliphatic heterocycles. The van der Waals surface area contributed by atoms with Gasteiger partial charge in [0.25, 0.3) is 0 Å². The van der Waals surface area contributed by atoms with Crippen LogP contribution < -0.4 is 4.74 Å². The lowest BCUT2D eigenvalue weighted by Gasteiger charge is -2.26. The van der Waals surface area contributed by atoms with E-state index in [-0.39, 0.29) is 19.1 Å². The third kappa shape index (κ3) is 5.41. The fraction of sp³-hybridized carbons (Fsp3) is 0.333. The van der Waals surface area contributed by atoms with Gasteiger partial charge < -0.3 is 14.4 Å². The Kier molecular flexibility index (Phi) is 6.35. The summed E-state index contributed by atoms with van der Waals surface area (Å²) in [7, 11) is 0. The number of halogens is 3. The summed E-state index contributed by atoms with van der Waals surface area (Å²) in [5.41, 5.74) is 0.371. The molecule has 2 aromatic carbocycles. The summed E-state index contributed by atoms with van der Waals surface area (Å²) in [6, 6.07) is 11.8. The highest BCUT2D eigenvalue weighted by atomic mass is 19.4. The van der Waals surface area contributed by atoms with E-state index in [0.717, 1.165) is 12.1 Å². The van der Waals surface area contributed by atoms with Crippen LogP contribution in [-0.4, -0.2) is 57.3 Å². The van der Waals surface area contributed by atoms with Gasteiger partial charge in [0.15, 0.2) is 0 Å². The molecule has 2 heterocycles. The molecule has 3 aromatic rings. The van der Waals surface area contributed by atoms with E-state index in [1.807, 2.05) is 0 Å². The lowest BCUT2D eigenvalue weighted by atomic mass is 10.1. The van der Waals surface area contributed by atoms with Gasteiger partial charge in [-0.25, -0.2) is 0 Å². The largest absolute Gasteiger partial charge is 0.489 e. The van der Waals surface area contributed by atoms with Crippen LogP contribution in [0.2, 0.25) is 0 Å². The number of hydrogen-bond acceptors (Lipinski definition) is 6. The smallest absolute Gasteiger partial charge is 0.416 e. The second-order valence-electron chi connectivity index (χ2n) is 7.15. The summed E-state index contributed by atoms with van der Waals surface area (Å²) in [6.45, 7) is 2.12. The number of nitrogens with zero attached hydrogens (tertiary/aromatic N) is 5. The van der Waals surface area contributed by atoms with Gasteiger partial charge in [0, 0.05) is 18.7 Å². The maximum atomic E-state index is 12.8. The van der Waals surface area contributed by atoms with Gasteiger partial charge in [-0.2, -0.15) is 18.0 Å². The Bertz CT molecular complexity index is 1060. The quantitative estimate of drug-likeness (QED) is 0.578. The summed E-state index contributed by atoms with van der Waals surface area (Å²) in [5, 5.41) is 12.1. The fourth-order valence-electron chi connectivity index (χ4n) is 3.16. The monoisotopic (exact) mass is 447 g/mol. The number of hydrogen-bond donors (Lipinski definition) is 0. The molecule has 1 fully saturated rings. The van der Waals surface area contributed by atoms with Crippen LogP contribution >= 0.6 is 0 Å². The van der Waals surface area contributed by atoms with Gasteiger partial charge in [0.2, 0.25) is 11.7 Å². The van der Waals surface area contributed by atoms with Crippen molar-refractivity contribution in [1.29, 1.82) is 0 Å². The first-order valence-corrected chi connectivity index (χ1v) is 9.91. The van der Waals surface area contributed by atoms with Crippen molar-refractivity contribution in [1.82, 2.24) is 25.1 Å². The van der Waals surface area contributed by atoms with Crippen molar-refractivity contribution in [2.45, 2.75) is 19.3 Å². The summed E-state index contributed by atoms with van der Waals surface area (Å²) in [4.78, 5) is 15.2. The molecule has 4 rings (SSSR count). The molecule has 0 bridgehead atoms. The van der Waals surface area contributed by atoms with Crippen molar-refractivity contribution in [3.8, 4) is 17.1 Å². The molecule has 0 spiro atoms. The molecule has 0 N–H and O–H groups in total. The van der Waals surface area contributed by atoms with E-state index in [4.69, 9.17) is 9.47 Å². The normalized spacial score (nSPS) is 14.4. The first-order chi connectivity index (χ1) is 15.4. The molecule has 168 valence electrons. The molecule has 0 aliphatic carbocycles. The number of amides is 1. The molecule has 0 saturated carbocycles. The molecule has 32 heavy (non-hydrogen) atoms. The second-order valence-corrected chi connectivity index (χ2v) is 7.15. The number of alkyl halides is 3. The minimum absolute atomic E-state index is 0.00134. The average molecular weight is 447 g/mol. The third-order valence-electron chi connectivity index (χ3n) is 4.87. The number of ether oxygens (including phenoxy) is 2. The van der Waals surface area contributed by atoms with Gasteiger partial charge in [-0.15, -0.1) is 10.2 Å². The summed E-state index contributed by atoms with van der Waals surface area (Å²) < 4.78 is 49.3. The predicted molar refractivity (Wildman–Crippen MR) is 106 cm³/mol. The van der Waals surface area contributed by atoms with E-state index in [2.05, 4.69) is 15.4 Å².